The summed E-state index contributed by atoms with van der Waals surface area (Å²) in [5.41, 5.74) is 1.35. The average molecular weight is 239 g/mol. The number of carbonyl (C=O) groups excluding carboxylic acids is 1. The fourth-order valence-electron chi connectivity index (χ4n) is 1.61. The van der Waals surface area contributed by atoms with Gasteiger partial charge in [0.05, 0.1) is 0 Å². The van der Waals surface area contributed by atoms with E-state index >= 15 is 0 Å². The van der Waals surface area contributed by atoms with Gasteiger partial charge in [-0.3, -0.25) is 9.89 Å². The molecule has 5 nitrogen and oxygen atoms in total. The summed E-state index contributed by atoms with van der Waals surface area (Å²) in [5, 5.41) is 18.6. The molecule has 0 aliphatic heterocycles. The maximum Gasteiger partial charge on any atom is 0.272 e. The fraction of sp³-hybridized carbons (Fsp3) is 0.667. The van der Waals surface area contributed by atoms with E-state index in [2.05, 4.69) is 15.5 Å². The van der Waals surface area contributed by atoms with Crippen molar-refractivity contribution in [3.8, 4) is 0 Å². The number of nitrogens with zero attached hydrogens (tertiary/aromatic N) is 1. The zero-order valence-corrected chi connectivity index (χ0v) is 10.7. The first-order valence-corrected chi connectivity index (χ1v) is 6.04. The molecule has 1 aromatic heterocycles. The lowest BCUT2D eigenvalue weighted by atomic mass is 10.0. The summed E-state index contributed by atoms with van der Waals surface area (Å²) < 4.78 is 0. The summed E-state index contributed by atoms with van der Waals surface area (Å²) in [6.07, 6.45) is 1.39. The van der Waals surface area contributed by atoms with Gasteiger partial charge in [0.2, 0.25) is 0 Å². The molecule has 0 spiro atoms. The lowest BCUT2D eigenvalue weighted by Crippen LogP contribution is -2.39. The molecule has 0 saturated heterocycles. The van der Waals surface area contributed by atoms with Crippen LogP contribution < -0.4 is 5.32 Å². The Labute approximate surface area is 102 Å². The third kappa shape index (κ3) is 3.85. The second-order valence-corrected chi connectivity index (χ2v) is 4.47. The van der Waals surface area contributed by atoms with Gasteiger partial charge >= 0.3 is 0 Å². The van der Waals surface area contributed by atoms with Crippen LogP contribution in [0.3, 0.4) is 0 Å². The summed E-state index contributed by atoms with van der Waals surface area (Å²) in [5.74, 6) is 0.101. The minimum atomic E-state index is -0.187. The summed E-state index contributed by atoms with van der Waals surface area (Å²) in [6.45, 7) is 6.10. The van der Waals surface area contributed by atoms with Crippen LogP contribution in [0.15, 0.2) is 6.07 Å². The molecule has 1 aromatic rings. The zero-order valence-electron chi connectivity index (χ0n) is 10.7. The maximum atomic E-state index is 11.9. The van der Waals surface area contributed by atoms with Crippen LogP contribution >= 0.6 is 0 Å². The Bertz CT molecular complexity index is 360. The molecular weight excluding hydrogens is 218 g/mol. The number of hydrogen-bond acceptors (Lipinski definition) is 3. The summed E-state index contributed by atoms with van der Waals surface area (Å²) in [7, 11) is 0. The van der Waals surface area contributed by atoms with Crippen LogP contribution in [0, 0.1) is 5.92 Å². The minimum Gasteiger partial charge on any atom is -0.396 e. The van der Waals surface area contributed by atoms with Gasteiger partial charge in [-0.2, -0.15) is 5.10 Å². The largest absolute Gasteiger partial charge is 0.396 e. The first-order valence-electron chi connectivity index (χ1n) is 6.04. The number of aromatic nitrogens is 2. The highest BCUT2D eigenvalue weighted by Crippen LogP contribution is 2.07. The van der Waals surface area contributed by atoms with Crippen molar-refractivity contribution in [2.45, 2.75) is 39.7 Å². The van der Waals surface area contributed by atoms with E-state index in [0.29, 0.717) is 12.1 Å². The van der Waals surface area contributed by atoms with E-state index in [0.717, 1.165) is 12.1 Å². The van der Waals surface area contributed by atoms with Crippen molar-refractivity contribution >= 4 is 5.91 Å². The van der Waals surface area contributed by atoms with E-state index in [9.17, 15) is 4.79 Å². The smallest absolute Gasteiger partial charge is 0.272 e. The van der Waals surface area contributed by atoms with Crippen molar-refractivity contribution in [3.63, 3.8) is 0 Å². The standard InChI is InChI=1S/C12H21N3O2/c1-4-9-7-11(15-14-9)12(17)13-10(5-6-16)8(2)3/h7-8,10,16H,4-6H2,1-3H3,(H,13,17)(H,14,15). The van der Waals surface area contributed by atoms with Crippen molar-refractivity contribution in [1.29, 1.82) is 0 Å². The molecule has 17 heavy (non-hydrogen) atoms. The Kier molecular flexibility index (Phi) is 5.15. The molecule has 0 aliphatic carbocycles. The number of aromatic amines is 1. The minimum absolute atomic E-state index is 0.0192. The van der Waals surface area contributed by atoms with Crippen LogP contribution in [0.1, 0.15) is 43.4 Å². The molecule has 0 bridgehead atoms. The normalized spacial score (nSPS) is 12.8. The molecule has 1 heterocycles. The summed E-state index contributed by atoms with van der Waals surface area (Å²) >= 11 is 0. The maximum absolute atomic E-state index is 11.9. The van der Waals surface area contributed by atoms with Gasteiger partial charge in [-0.1, -0.05) is 20.8 Å². The molecule has 5 heteroatoms. The summed E-state index contributed by atoms with van der Waals surface area (Å²) in [6, 6.07) is 1.74. The number of carbonyl (C=O) groups is 1. The molecule has 0 saturated carbocycles. The molecule has 1 unspecified atom stereocenters. The molecule has 0 radical (unpaired) electrons. The number of aliphatic hydroxyl groups is 1. The van der Waals surface area contributed by atoms with Crippen molar-refractivity contribution in [3.05, 3.63) is 17.5 Å². The SMILES string of the molecule is CCc1cc(C(=O)NC(CCO)C(C)C)n[nH]1. The lowest BCUT2D eigenvalue weighted by Gasteiger charge is -2.20. The molecule has 1 rings (SSSR count). The number of H-pyrrole nitrogens is 1. The third-order valence-electron chi connectivity index (χ3n) is 2.81. The van der Waals surface area contributed by atoms with Crippen LogP contribution in [0.2, 0.25) is 0 Å². The van der Waals surface area contributed by atoms with Crippen LogP contribution in [0.5, 0.6) is 0 Å². The molecule has 96 valence electrons. The van der Waals surface area contributed by atoms with E-state index in [1.807, 2.05) is 20.8 Å². The van der Waals surface area contributed by atoms with Gasteiger partial charge in [-0.05, 0) is 24.8 Å². The van der Waals surface area contributed by atoms with E-state index in [1.165, 1.54) is 0 Å². The fourth-order valence-corrected chi connectivity index (χ4v) is 1.61. The molecular formula is C12H21N3O2. The first-order chi connectivity index (χ1) is 8.08. The molecule has 0 aliphatic rings. The van der Waals surface area contributed by atoms with Crippen molar-refractivity contribution in [2.24, 2.45) is 5.92 Å². The number of aryl methyl sites for hydroxylation is 1. The molecule has 0 fully saturated rings. The topological polar surface area (TPSA) is 78.0 Å². The van der Waals surface area contributed by atoms with Crippen LogP contribution in [0.4, 0.5) is 0 Å². The van der Waals surface area contributed by atoms with Gasteiger partial charge in [0, 0.05) is 18.3 Å². The first kappa shape index (κ1) is 13.7. The van der Waals surface area contributed by atoms with Gasteiger partial charge in [-0.15, -0.1) is 0 Å². The highest BCUT2D eigenvalue weighted by molar-refractivity contribution is 5.92. The Hall–Kier alpha value is -1.36. The predicted octanol–water partition coefficient (Wildman–Crippen LogP) is 1.11. The number of nitrogens with one attached hydrogen (secondary N) is 2. The highest BCUT2D eigenvalue weighted by Gasteiger charge is 2.18. The van der Waals surface area contributed by atoms with Crippen LogP contribution in [0.25, 0.3) is 0 Å². The Morgan fingerprint density at radius 3 is 2.76 bits per heavy atom. The second kappa shape index (κ2) is 6.39. The molecule has 1 atom stereocenters. The number of rotatable bonds is 6. The Balaban J connectivity index is 2.63. The van der Waals surface area contributed by atoms with Crippen molar-refractivity contribution in [1.82, 2.24) is 15.5 Å². The third-order valence-corrected chi connectivity index (χ3v) is 2.81. The van der Waals surface area contributed by atoms with E-state index in [4.69, 9.17) is 5.11 Å². The molecule has 3 N–H and O–H groups in total. The lowest BCUT2D eigenvalue weighted by molar-refractivity contribution is 0.0911. The van der Waals surface area contributed by atoms with Crippen molar-refractivity contribution in [2.75, 3.05) is 6.61 Å². The van der Waals surface area contributed by atoms with Gasteiger partial charge < -0.3 is 10.4 Å². The monoisotopic (exact) mass is 239 g/mol. The summed E-state index contributed by atoms with van der Waals surface area (Å²) in [4.78, 5) is 11.9. The number of amides is 1. The van der Waals surface area contributed by atoms with E-state index < -0.39 is 0 Å². The predicted molar refractivity (Wildman–Crippen MR) is 65.8 cm³/mol. The average Bonchev–Trinajstić information content (AvgIpc) is 2.76. The van der Waals surface area contributed by atoms with Gasteiger partial charge in [0.15, 0.2) is 0 Å². The second-order valence-electron chi connectivity index (χ2n) is 4.47. The number of hydrogen-bond donors (Lipinski definition) is 3. The Morgan fingerprint density at radius 1 is 1.59 bits per heavy atom. The van der Waals surface area contributed by atoms with Crippen molar-refractivity contribution < 1.29 is 9.90 Å². The van der Waals surface area contributed by atoms with Gasteiger partial charge in [-0.25, -0.2) is 0 Å². The van der Waals surface area contributed by atoms with E-state index in [1.54, 1.807) is 6.07 Å². The van der Waals surface area contributed by atoms with Gasteiger partial charge in [0.1, 0.15) is 5.69 Å². The quantitative estimate of drug-likeness (QED) is 0.696. The Morgan fingerprint density at radius 2 is 2.29 bits per heavy atom. The highest BCUT2D eigenvalue weighted by atomic mass is 16.3. The number of aliphatic hydroxyl groups excluding tert-OH is 1. The van der Waals surface area contributed by atoms with Crippen LogP contribution in [-0.2, 0) is 6.42 Å². The van der Waals surface area contributed by atoms with E-state index in [-0.39, 0.29) is 24.5 Å². The molecule has 0 aromatic carbocycles. The van der Waals surface area contributed by atoms with Gasteiger partial charge in [0.25, 0.3) is 5.91 Å². The van der Waals surface area contributed by atoms with Crippen LogP contribution in [-0.4, -0.2) is 33.9 Å². The zero-order chi connectivity index (χ0) is 12.8. The molecule has 1 amide bonds.